The van der Waals surface area contributed by atoms with Gasteiger partial charge in [0, 0.05) is 25.2 Å². The van der Waals surface area contributed by atoms with Crippen molar-refractivity contribution in [2.24, 2.45) is 0 Å². The quantitative estimate of drug-likeness (QED) is 0.597. The van der Waals surface area contributed by atoms with Crippen LogP contribution in [0.1, 0.15) is 15.9 Å². The van der Waals surface area contributed by atoms with Crippen molar-refractivity contribution in [3.05, 3.63) is 39.2 Å². The molecule has 21 heavy (non-hydrogen) atoms. The molecule has 0 N–H and O–H groups in total. The van der Waals surface area contributed by atoms with E-state index in [9.17, 15) is 27.7 Å². The summed E-state index contributed by atoms with van der Waals surface area (Å²) in [5.41, 5.74) is -0.778. The maximum Gasteiger partial charge on any atom is 0.270 e. The Balaban J connectivity index is 2.33. The number of sulfone groups is 1. The van der Waals surface area contributed by atoms with Gasteiger partial charge in [0.05, 0.1) is 22.0 Å². The summed E-state index contributed by atoms with van der Waals surface area (Å²) in [6.45, 7) is 1.25. The lowest BCUT2D eigenvalue weighted by Gasteiger charge is -2.27. The van der Waals surface area contributed by atoms with Crippen LogP contribution in [0, 0.1) is 22.9 Å². The summed E-state index contributed by atoms with van der Waals surface area (Å²) < 4.78 is 36.7. The van der Waals surface area contributed by atoms with E-state index in [1.807, 2.05) is 0 Å². The van der Waals surface area contributed by atoms with Crippen LogP contribution in [0.4, 0.5) is 10.1 Å². The number of aryl methyl sites for hydroxylation is 1. The number of amides is 1. The normalized spacial score (nSPS) is 17.5. The highest BCUT2D eigenvalue weighted by Gasteiger charge is 2.29. The molecule has 1 aromatic carbocycles. The molecular formula is C12H13FN2O5S. The van der Waals surface area contributed by atoms with Crippen LogP contribution in [0.2, 0.25) is 0 Å². The lowest BCUT2D eigenvalue weighted by Crippen LogP contribution is -2.44. The molecule has 0 bridgehead atoms. The Kier molecular flexibility index (Phi) is 3.95. The third-order valence-corrected chi connectivity index (χ3v) is 4.92. The fourth-order valence-electron chi connectivity index (χ4n) is 2.10. The summed E-state index contributed by atoms with van der Waals surface area (Å²) in [5.74, 6) is -1.92. The Morgan fingerprint density at radius 1 is 1.33 bits per heavy atom. The number of hydrogen-bond acceptors (Lipinski definition) is 5. The highest BCUT2D eigenvalue weighted by Crippen LogP contribution is 2.23. The second kappa shape index (κ2) is 5.40. The Morgan fingerprint density at radius 2 is 1.90 bits per heavy atom. The first-order valence-corrected chi connectivity index (χ1v) is 7.97. The number of benzene rings is 1. The number of carbonyl (C=O) groups excluding carboxylic acids is 1. The molecule has 1 saturated heterocycles. The molecule has 0 saturated carbocycles. The molecule has 0 aliphatic carbocycles. The Morgan fingerprint density at radius 3 is 2.43 bits per heavy atom. The Labute approximate surface area is 120 Å². The molecule has 114 valence electrons. The number of nitro benzene ring substituents is 1. The van der Waals surface area contributed by atoms with Gasteiger partial charge >= 0.3 is 0 Å². The minimum Gasteiger partial charge on any atom is -0.337 e. The van der Waals surface area contributed by atoms with Gasteiger partial charge in [-0.1, -0.05) is 0 Å². The Bertz CT molecular complexity index is 703. The minimum absolute atomic E-state index is 0.00261. The molecule has 0 radical (unpaired) electrons. The van der Waals surface area contributed by atoms with Gasteiger partial charge in [-0.2, -0.15) is 0 Å². The number of halogens is 1. The first-order valence-electron chi connectivity index (χ1n) is 6.15. The molecule has 0 atom stereocenters. The average Bonchev–Trinajstić information content (AvgIpc) is 2.40. The number of non-ortho nitro benzene ring substituents is 1. The van der Waals surface area contributed by atoms with Crippen LogP contribution in [-0.2, 0) is 9.84 Å². The number of hydrogen-bond donors (Lipinski definition) is 0. The van der Waals surface area contributed by atoms with Gasteiger partial charge in [-0.25, -0.2) is 12.8 Å². The van der Waals surface area contributed by atoms with Crippen LogP contribution in [0.15, 0.2) is 12.1 Å². The van der Waals surface area contributed by atoms with E-state index in [-0.39, 0.29) is 35.8 Å². The van der Waals surface area contributed by atoms with E-state index in [1.54, 1.807) is 0 Å². The summed E-state index contributed by atoms with van der Waals surface area (Å²) in [5, 5.41) is 10.8. The largest absolute Gasteiger partial charge is 0.337 e. The smallest absolute Gasteiger partial charge is 0.270 e. The van der Waals surface area contributed by atoms with Gasteiger partial charge in [0.15, 0.2) is 9.84 Å². The molecule has 1 amide bonds. The lowest BCUT2D eigenvalue weighted by molar-refractivity contribution is -0.385. The van der Waals surface area contributed by atoms with Gasteiger partial charge in [0.2, 0.25) is 0 Å². The van der Waals surface area contributed by atoms with Gasteiger partial charge in [-0.15, -0.1) is 0 Å². The van der Waals surface area contributed by atoms with Crippen LogP contribution in [-0.4, -0.2) is 48.7 Å². The molecule has 0 aromatic heterocycles. The maximum absolute atomic E-state index is 14.0. The number of carbonyl (C=O) groups is 1. The second-order valence-corrected chi connectivity index (χ2v) is 7.13. The summed E-state index contributed by atoms with van der Waals surface area (Å²) in [6.07, 6.45) is 0. The van der Waals surface area contributed by atoms with Crippen molar-refractivity contribution in [3.8, 4) is 0 Å². The molecule has 0 unspecified atom stereocenters. The lowest BCUT2D eigenvalue weighted by atomic mass is 10.1. The molecule has 0 spiro atoms. The van der Waals surface area contributed by atoms with E-state index in [0.717, 1.165) is 12.1 Å². The van der Waals surface area contributed by atoms with E-state index in [0.29, 0.717) is 0 Å². The van der Waals surface area contributed by atoms with Crippen LogP contribution in [0.25, 0.3) is 0 Å². The van der Waals surface area contributed by atoms with Gasteiger partial charge in [0.25, 0.3) is 11.6 Å². The van der Waals surface area contributed by atoms with Crippen LogP contribution in [0.3, 0.4) is 0 Å². The summed E-state index contributed by atoms with van der Waals surface area (Å²) >= 11 is 0. The van der Waals surface area contributed by atoms with E-state index in [1.165, 1.54) is 11.8 Å². The topological polar surface area (TPSA) is 97.6 Å². The third-order valence-electron chi connectivity index (χ3n) is 3.31. The summed E-state index contributed by atoms with van der Waals surface area (Å²) in [7, 11) is -3.17. The SMILES string of the molecule is Cc1cc([N+](=O)[O-])cc(C(=O)N2CCS(=O)(=O)CC2)c1F. The van der Waals surface area contributed by atoms with Gasteiger partial charge in [-0.05, 0) is 12.5 Å². The zero-order chi connectivity index (χ0) is 15.8. The maximum atomic E-state index is 14.0. The van der Waals surface area contributed by atoms with Crippen molar-refractivity contribution in [2.45, 2.75) is 6.92 Å². The molecule has 1 aliphatic heterocycles. The standard InChI is InChI=1S/C12H13FN2O5S/c1-8-6-9(15(17)18)7-10(11(8)13)12(16)14-2-4-21(19,20)5-3-14/h6-7H,2-5H2,1H3. The van der Waals surface area contributed by atoms with Gasteiger partial charge < -0.3 is 4.90 Å². The first kappa shape index (κ1) is 15.4. The molecule has 1 aliphatic rings. The van der Waals surface area contributed by atoms with Crippen molar-refractivity contribution in [1.29, 1.82) is 0 Å². The van der Waals surface area contributed by atoms with Crippen molar-refractivity contribution in [1.82, 2.24) is 4.90 Å². The van der Waals surface area contributed by atoms with Crippen molar-refractivity contribution >= 4 is 21.4 Å². The fourth-order valence-corrected chi connectivity index (χ4v) is 3.30. The highest BCUT2D eigenvalue weighted by molar-refractivity contribution is 7.91. The molecule has 1 aromatic rings. The predicted octanol–water partition coefficient (Wildman–Crippen LogP) is 0.913. The molecule has 9 heteroatoms. The van der Waals surface area contributed by atoms with Crippen molar-refractivity contribution in [2.75, 3.05) is 24.6 Å². The van der Waals surface area contributed by atoms with Crippen LogP contribution >= 0.6 is 0 Å². The third kappa shape index (κ3) is 3.18. The van der Waals surface area contributed by atoms with Crippen LogP contribution in [0.5, 0.6) is 0 Å². The molecule has 1 fully saturated rings. The summed E-state index contributed by atoms with van der Waals surface area (Å²) in [6, 6.07) is 1.93. The first-order chi connectivity index (χ1) is 9.71. The zero-order valence-electron chi connectivity index (χ0n) is 11.2. The van der Waals surface area contributed by atoms with Gasteiger partial charge in [0.1, 0.15) is 5.82 Å². The van der Waals surface area contributed by atoms with E-state index < -0.39 is 32.0 Å². The van der Waals surface area contributed by atoms with Crippen molar-refractivity contribution < 1.29 is 22.5 Å². The molecule has 2 rings (SSSR count). The fraction of sp³-hybridized carbons (Fsp3) is 0.417. The molecular weight excluding hydrogens is 303 g/mol. The van der Waals surface area contributed by atoms with E-state index in [4.69, 9.17) is 0 Å². The molecule has 1 heterocycles. The van der Waals surface area contributed by atoms with Crippen molar-refractivity contribution in [3.63, 3.8) is 0 Å². The average molecular weight is 316 g/mol. The zero-order valence-corrected chi connectivity index (χ0v) is 12.0. The minimum atomic E-state index is -3.17. The second-order valence-electron chi connectivity index (χ2n) is 4.83. The highest BCUT2D eigenvalue weighted by atomic mass is 32.2. The van der Waals surface area contributed by atoms with E-state index >= 15 is 0 Å². The number of nitrogens with zero attached hydrogens (tertiary/aromatic N) is 2. The monoisotopic (exact) mass is 316 g/mol. The number of rotatable bonds is 2. The molecule has 7 nitrogen and oxygen atoms in total. The number of nitro groups is 1. The predicted molar refractivity (Wildman–Crippen MR) is 72.3 cm³/mol. The van der Waals surface area contributed by atoms with Gasteiger partial charge in [-0.3, -0.25) is 14.9 Å². The Hall–Kier alpha value is -2.03. The van der Waals surface area contributed by atoms with Crippen LogP contribution < -0.4 is 0 Å². The van der Waals surface area contributed by atoms with E-state index in [2.05, 4.69) is 0 Å². The summed E-state index contributed by atoms with van der Waals surface area (Å²) in [4.78, 5) is 23.5.